The van der Waals surface area contributed by atoms with E-state index in [1.807, 2.05) is 31.9 Å². The van der Waals surface area contributed by atoms with E-state index in [1.54, 1.807) is 11.7 Å². The summed E-state index contributed by atoms with van der Waals surface area (Å²) in [4.78, 5) is 45.1. The number of carbonyl (C=O) groups is 1. The highest BCUT2D eigenvalue weighted by Gasteiger charge is 2.32. The number of likely N-dealkylation sites (tertiary alicyclic amines) is 1. The lowest BCUT2D eigenvalue weighted by molar-refractivity contribution is 0.0720. The maximum atomic E-state index is 13.7. The summed E-state index contributed by atoms with van der Waals surface area (Å²) >= 11 is 0. The molecule has 1 fully saturated rings. The van der Waals surface area contributed by atoms with Gasteiger partial charge in [0.2, 0.25) is 0 Å². The molecule has 1 amide bonds. The monoisotopic (exact) mass is 483 g/mol. The van der Waals surface area contributed by atoms with Gasteiger partial charge in [0.1, 0.15) is 5.65 Å². The van der Waals surface area contributed by atoms with Crippen molar-refractivity contribution in [3.05, 3.63) is 50.1 Å². The summed E-state index contributed by atoms with van der Waals surface area (Å²) in [6.07, 6.45) is 5.41. The van der Waals surface area contributed by atoms with Crippen LogP contribution in [0.25, 0.3) is 11.0 Å². The molecule has 1 aliphatic rings. The molecule has 0 spiro atoms. The van der Waals surface area contributed by atoms with Gasteiger partial charge in [0.15, 0.2) is 0 Å². The van der Waals surface area contributed by atoms with Gasteiger partial charge in [-0.25, -0.2) is 9.78 Å². The molecule has 0 saturated carbocycles. The number of pyridine rings is 1. The van der Waals surface area contributed by atoms with Crippen LogP contribution >= 0.6 is 0 Å². The Kier molecular flexibility index (Phi) is 6.88. The number of aliphatic hydroxyl groups is 1. The molecular formula is C24H33N7O4. The van der Waals surface area contributed by atoms with Crippen molar-refractivity contribution in [1.29, 1.82) is 0 Å². The maximum Gasteiger partial charge on any atom is 0.332 e. The quantitative estimate of drug-likeness (QED) is 0.522. The fourth-order valence-corrected chi connectivity index (χ4v) is 4.77. The van der Waals surface area contributed by atoms with E-state index < -0.39 is 17.4 Å². The summed E-state index contributed by atoms with van der Waals surface area (Å²) in [5, 5.41) is 18.8. The fourth-order valence-electron chi connectivity index (χ4n) is 4.77. The summed E-state index contributed by atoms with van der Waals surface area (Å²) in [7, 11) is 3.00. The number of nitrogens with zero attached hydrogens (tertiary/aromatic N) is 7. The fraction of sp³-hybridized carbons (Fsp3) is 0.583. The number of rotatable bonds is 7. The van der Waals surface area contributed by atoms with E-state index in [1.165, 1.54) is 17.8 Å². The molecule has 0 aromatic carbocycles. The van der Waals surface area contributed by atoms with Gasteiger partial charge in [-0.1, -0.05) is 26.0 Å². The Labute approximate surface area is 203 Å². The topological polar surface area (TPSA) is 128 Å². The van der Waals surface area contributed by atoms with Crippen LogP contribution in [0.3, 0.4) is 0 Å². The van der Waals surface area contributed by atoms with Gasteiger partial charge in [-0.3, -0.25) is 23.4 Å². The SMILES string of the molecule is CCc1c(C(=O)N2CCCC2Cn2cc(CC(O)C(C)C)nn2)cnc2c1c(=O)n(C)c(=O)n2C. The third kappa shape index (κ3) is 4.52. The van der Waals surface area contributed by atoms with Crippen LogP contribution in [0, 0.1) is 5.92 Å². The van der Waals surface area contributed by atoms with Gasteiger partial charge in [0.25, 0.3) is 11.5 Å². The van der Waals surface area contributed by atoms with Crippen LogP contribution in [0.4, 0.5) is 0 Å². The normalized spacial score (nSPS) is 17.0. The highest BCUT2D eigenvalue weighted by atomic mass is 16.3. The Balaban J connectivity index is 1.63. The third-order valence-electron chi connectivity index (χ3n) is 6.97. The first-order valence-electron chi connectivity index (χ1n) is 12.1. The second-order valence-electron chi connectivity index (χ2n) is 9.65. The number of hydrogen-bond acceptors (Lipinski definition) is 7. The maximum absolute atomic E-state index is 13.7. The molecule has 3 aromatic heterocycles. The van der Waals surface area contributed by atoms with Crippen molar-refractivity contribution in [2.45, 2.75) is 65.1 Å². The molecular weight excluding hydrogens is 450 g/mol. The van der Waals surface area contributed by atoms with Crippen LogP contribution in [0.1, 0.15) is 55.2 Å². The molecule has 1 aliphatic heterocycles. The van der Waals surface area contributed by atoms with Crippen LogP contribution in [-0.4, -0.2) is 63.7 Å². The Morgan fingerprint density at radius 1 is 1.23 bits per heavy atom. The first kappa shape index (κ1) is 24.8. The molecule has 1 saturated heterocycles. The number of fused-ring (bicyclic) bond motifs is 1. The number of amides is 1. The molecule has 0 radical (unpaired) electrons. The molecule has 1 N–H and O–H groups in total. The highest BCUT2D eigenvalue weighted by molar-refractivity contribution is 5.99. The van der Waals surface area contributed by atoms with Crippen LogP contribution < -0.4 is 11.2 Å². The molecule has 4 rings (SSSR count). The van der Waals surface area contributed by atoms with E-state index >= 15 is 0 Å². The van der Waals surface area contributed by atoms with Crippen molar-refractivity contribution in [3.8, 4) is 0 Å². The molecule has 188 valence electrons. The average Bonchev–Trinajstić information content (AvgIpc) is 3.49. The van der Waals surface area contributed by atoms with E-state index in [2.05, 4.69) is 15.3 Å². The number of aliphatic hydroxyl groups excluding tert-OH is 1. The van der Waals surface area contributed by atoms with E-state index in [4.69, 9.17) is 0 Å². The van der Waals surface area contributed by atoms with Crippen molar-refractivity contribution in [2.75, 3.05) is 6.54 Å². The zero-order chi connectivity index (χ0) is 25.4. The summed E-state index contributed by atoms with van der Waals surface area (Å²) in [6, 6.07) is -0.0737. The Hall–Kier alpha value is -3.34. The largest absolute Gasteiger partial charge is 0.392 e. The van der Waals surface area contributed by atoms with E-state index in [-0.39, 0.29) is 23.5 Å². The molecule has 4 heterocycles. The van der Waals surface area contributed by atoms with Crippen molar-refractivity contribution in [1.82, 2.24) is 34.0 Å². The zero-order valence-corrected chi connectivity index (χ0v) is 20.9. The number of aryl methyl sites for hydroxylation is 2. The Morgan fingerprint density at radius 2 is 1.97 bits per heavy atom. The molecule has 11 heteroatoms. The zero-order valence-electron chi connectivity index (χ0n) is 20.9. The Bertz CT molecular complexity index is 1370. The van der Waals surface area contributed by atoms with Crippen molar-refractivity contribution in [2.24, 2.45) is 20.0 Å². The van der Waals surface area contributed by atoms with Crippen LogP contribution in [-0.2, 0) is 33.5 Å². The molecule has 0 aliphatic carbocycles. The van der Waals surface area contributed by atoms with Crippen molar-refractivity contribution >= 4 is 16.9 Å². The Morgan fingerprint density at radius 3 is 2.66 bits per heavy atom. The first-order chi connectivity index (χ1) is 16.6. The molecule has 11 nitrogen and oxygen atoms in total. The van der Waals surface area contributed by atoms with Crippen LogP contribution in [0.2, 0.25) is 0 Å². The number of aromatic nitrogens is 6. The van der Waals surface area contributed by atoms with Gasteiger partial charge in [0.05, 0.1) is 35.3 Å². The van der Waals surface area contributed by atoms with Gasteiger partial charge >= 0.3 is 5.69 Å². The lowest BCUT2D eigenvalue weighted by Gasteiger charge is -2.25. The van der Waals surface area contributed by atoms with E-state index in [9.17, 15) is 19.5 Å². The molecule has 3 aromatic rings. The van der Waals surface area contributed by atoms with Crippen LogP contribution in [0.5, 0.6) is 0 Å². The third-order valence-corrected chi connectivity index (χ3v) is 6.97. The van der Waals surface area contributed by atoms with Gasteiger partial charge in [-0.2, -0.15) is 0 Å². The van der Waals surface area contributed by atoms with E-state index in [0.29, 0.717) is 42.4 Å². The molecule has 35 heavy (non-hydrogen) atoms. The minimum atomic E-state index is -0.482. The highest BCUT2D eigenvalue weighted by Crippen LogP contribution is 2.25. The van der Waals surface area contributed by atoms with Gasteiger partial charge in [0, 0.05) is 39.5 Å². The average molecular weight is 484 g/mol. The summed E-state index contributed by atoms with van der Waals surface area (Å²) < 4.78 is 4.11. The second kappa shape index (κ2) is 9.73. The molecule has 2 atom stereocenters. The minimum Gasteiger partial charge on any atom is -0.392 e. The minimum absolute atomic E-state index is 0.0737. The van der Waals surface area contributed by atoms with Gasteiger partial charge < -0.3 is 10.0 Å². The predicted molar refractivity (Wildman–Crippen MR) is 130 cm³/mol. The van der Waals surface area contributed by atoms with Crippen molar-refractivity contribution < 1.29 is 9.90 Å². The summed E-state index contributed by atoms with van der Waals surface area (Å²) in [5.41, 5.74) is 1.09. The summed E-state index contributed by atoms with van der Waals surface area (Å²) in [5.74, 6) is -0.0455. The first-order valence-corrected chi connectivity index (χ1v) is 12.1. The summed E-state index contributed by atoms with van der Waals surface area (Å²) in [6.45, 7) is 6.90. The second-order valence-corrected chi connectivity index (χ2v) is 9.65. The smallest absolute Gasteiger partial charge is 0.332 e. The molecule has 2 unspecified atom stereocenters. The van der Waals surface area contributed by atoms with Gasteiger partial charge in [-0.15, -0.1) is 5.10 Å². The standard InChI is InChI=1S/C24H33N7O4/c1-6-17-18(11-25-21-20(17)23(34)29(5)24(35)28(21)4)22(33)31-9-7-8-16(31)13-30-12-15(26-27-30)10-19(32)14(2)3/h11-12,14,16,19,32H,6-10,13H2,1-5H3. The van der Waals surface area contributed by atoms with Crippen molar-refractivity contribution in [3.63, 3.8) is 0 Å². The lowest BCUT2D eigenvalue weighted by atomic mass is 10.0. The van der Waals surface area contributed by atoms with Crippen LogP contribution in [0.15, 0.2) is 22.0 Å². The lowest BCUT2D eigenvalue weighted by Crippen LogP contribution is -2.40. The van der Waals surface area contributed by atoms with E-state index in [0.717, 1.165) is 23.1 Å². The predicted octanol–water partition coefficient (Wildman–Crippen LogP) is 0.650. The number of hydrogen-bond donors (Lipinski definition) is 1. The number of carbonyl (C=O) groups excluding carboxylic acids is 1. The van der Waals surface area contributed by atoms with Gasteiger partial charge in [-0.05, 0) is 30.7 Å². The molecule has 0 bridgehead atoms.